The summed E-state index contributed by atoms with van der Waals surface area (Å²) in [5.74, 6) is 0. The Morgan fingerprint density at radius 1 is 1.12 bits per heavy atom. The average molecular weight is 221 g/mol. The summed E-state index contributed by atoms with van der Waals surface area (Å²) in [6, 6.07) is 14.1. The molecule has 0 aliphatic carbocycles. The van der Waals surface area contributed by atoms with E-state index in [1.54, 1.807) is 6.20 Å². The van der Waals surface area contributed by atoms with Gasteiger partial charge in [-0.1, -0.05) is 43.0 Å². The molecule has 0 aliphatic heterocycles. The Morgan fingerprint density at radius 2 is 1.88 bits per heavy atom. The van der Waals surface area contributed by atoms with Crippen LogP contribution in [0.4, 0.5) is 0 Å². The molecule has 0 amide bonds. The van der Waals surface area contributed by atoms with Gasteiger partial charge in [0, 0.05) is 6.20 Å². The van der Waals surface area contributed by atoms with Crippen LogP contribution in [-0.2, 0) is 0 Å². The van der Waals surface area contributed by atoms with E-state index in [0.29, 0.717) is 0 Å². The molecule has 1 aromatic heterocycles. The second-order valence-electron chi connectivity index (χ2n) is 3.87. The molecule has 0 atom stereocenters. The average Bonchev–Trinajstić information content (AvgIpc) is 2.40. The van der Waals surface area contributed by atoms with Crippen LogP contribution >= 0.6 is 0 Å². The summed E-state index contributed by atoms with van der Waals surface area (Å²) in [4.78, 5) is 4.30. The van der Waals surface area contributed by atoms with Gasteiger partial charge in [-0.3, -0.25) is 4.98 Å². The maximum atomic E-state index is 4.30. The molecule has 1 heteroatoms. The molecular formula is C16H15N. The highest BCUT2D eigenvalue weighted by Crippen LogP contribution is 2.21. The van der Waals surface area contributed by atoms with E-state index >= 15 is 0 Å². The first-order chi connectivity index (χ1) is 8.31. The van der Waals surface area contributed by atoms with Crippen molar-refractivity contribution in [1.82, 2.24) is 4.98 Å². The minimum atomic E-state index is 0.976. The summed E-state index contributed by atoms with van der Waals surface area (Å²) in [5, 5.41) is 0. The molecule has 0 saturated carbocycles. The van der Waals surface area contributed by atoms with Crippen LogP contribution in [0.15, 0.2) is 55.2 Å². The van der Waals surface area contributed by atoms with Gasteiger partial charge in [0.15, 0.2) is 0 Å². The van der Waals surface area contributed by atoms with E-state index in [1.807, 2.05) is 36.4 Å². The molecule has 1 heterocycles. The van der Waals surface area contributed by atoms with Crippen LogP contribution in [0.3, 0.4) is 0 Å². The standard InChI is InChI=1S/C16H15N/c1-3-14-8-4-5-10-16(14)13(2)12-15-9-6-7-11-17-15/h3-12H,1H2,2H3. The van der Waals surface area contributed by atoms with Gasteiger partial charge in [-0.05, 0) is 41.8 Å². The van der Waals surface area contributed by atoms with Gasteiger partial charge in [0.25, 0.3) is 0 Å². The van der Waals surface area contributed by atoms with E-state index in [2.05, 4.69) is 36.7 Å². The molecule has 0 spiro atoms. The zero-order valence-corrected chi connectivity index (χ0v) is 9.93. The molecule has 1 nitrogen and oxygen atoms in total. The summed E-state index contributed by atoms with van der Waals surface area (Å²) >= 11 is 0. The Bertz CT molecular complexity index is 538. The van der Waals surface area contributed by atoms with Crippen LogP contribution in [-0.4, -0.2) is 4.98 Å². The van der Waals surface area contributed by atoms with Crippen molar-refractivity contribution in [1.29, 1.82) is 0 Å². The SMILES string of the molecule is C=Cc1ccccc1C(C)=Cc1ccccn1. The molecular weight excluding hydrogens is 206 g/mol. The Morgan fingerprint density at radius 3 is 2.59 bits per heavy atom. The summed E-state index contributed by atoms with van der Waals surface area (Å²) < 4.78 is 0. The van der Waals surface area contributed by atoms with Gasteiger partial charge < -0.3 is 0 Å². The maximum absolute atomic E-state index is 4.30. The van der Waals surface area contributed by atoms with E-state index in [9.17, 15) is 0 Å². The first-order valence-electron chi connectivity index (χ1n) is 5.62. The summed E-state index contributed by atoms with van der Waals surface area (Å²) in [5.41, 5.74) is 4.52. The predicted molar refractivity (Wildman–Crippen MR) is 74.3 cm³/mol. The third-order valence-electron chi connectivity index (χ3n) is 2.66. The molecule has 0 fully saturated rings. The highest BCUT2D eigenvalue weighted by atomic mass is 14.6. The van der Waals surface area contributed by atoms with Crippen LogP contribution in [0.5, 0.6) is 0 Å². The lowest BCUT2D eigenvalue weighted by Crippen LogP contribution is -1.86. The highest BCUT2D eigenvalue weighted by Gasteiger charge is 2.00. The second-order valence-corrected chi connectivity index (χ2v) is 3.87. The van der Waals surface area contributed by atoms with Crippen molar-refractivity contribution in [2.24, 2.45) is 0 Å². The monoisotopic (exact) mass is 221 g/mol. The zero-order chi connectivity index (χ0) is 12.1. The van der Waals surface area contributed by atoms with Gasteiger partial charge in [-0.15, -0.1) is 0 Å². The number of allylic oxidation sites excluding steroid dienone is 1. The molecule has 0 radical (unpaired) electrons. The van der Waals surface area contributed by atoms with Crippen molar-refractivity contribution < 1.29 is 0 Å². The lowest BCUT2D eigenvalue weighted by atomic mass is 10.00. The van der Waals surface area contributed by atoms with Crippen molar-refractivity contribution in [2.45, 2.75) is 6.92 Å². The Balaban J connectivity index is 2.40. The van der Waals surface area contributed by atoms with Crippen molar-refractivity contribution in [2.75, 3.05) is 0 Å². The molecule has 0 aliphatic rings. The molecule has 2 aromatic rings. The highest BCUT2D eigenvalue weighted by molar-refractivity contribution is 5.83. The normalized spacial score (nSPS) is 11.2. The number of benzene rings is 1. The number of nitrogens with zero attached hydrogens (tertiary/aromatic N) is 1. The minimum absolute atomic E-state index is 0.976. The second kappa shape index (κ2) is 5.26. The molecule has 84 valence electrons. The minimum Gasteiger partial charge on any atom is -0.257 e. The topological polar surface area (TPSA) is 12.9 Å². The third-order valence-corrected chi connectivity index (χ3v) is 2.66. The number of hydrogen-bond acceptors (Lipinski definition) is 1. The van der Waals surface area contributed by atoms with Gasteiger partial charge in [0.2, 0.25) is 0 Å². The van der Waals surface area contributed by atoms with Crippen LogP contribution in [0.25, 0.3) is 17.7 Å². The maximum Gasteiger partial charge on any atom is 0.0632 e. The molecule has 17 heavy (non-hydrogen) atoms. The number of pyridine rings is 1. The molecule has 2 rings (SSSR count). The van der Waals surface area contributed by atoms with E-state index in [-0.39, 0.29) is 0 Å². The lowest BCUT2D eigenvalue weighted by Gasteiger charge is -2.06. The fourth-order valence-corrected chi connectivity index (χ4v) is 1.80. The van der Waals surface area contributed by atoms with Gasteiger partial charge in [-0.2, -0.15) is 0 Å². The summed E-state index contributed by atoms with van der Waals surface area (Å²) in [6.07, 6.45) is 5.77. The van der Waals surface area contributed by atoms with Gasteiger partial charge in [0.05, 0.1) is 5.69 Å². The molecule has 0 saturated heterocycles. The quantitative estimate of drug-likeness (QED) is 0.753. The molecule has 0 N–H and O–H groups in total. The Labute approximate surface area is 102 Å². The van der Waals surface area contributed by atoms with E-state index in [4.69, 9.17) is 0 Å². The zero-order valence-electron chi connectivity index (χ0n) is 9.93. The van der Waals surface area contributed by atoms with E-state index in [1.165, 1.54) is 11.1 Å². The smallest absolute Gasteiger partial charge is 0.0632 e. The van der Waals surface area contributed by atoms with E-state index in [0.717, 1.165) is 11.3 Å². The van der Waals surface area contributed by atoms with Crippen LogP contribution < -0.4 is 0 Å². The van der Waals surface area contributed by atoms with E-state index < -0.39 is 0 Å². The fraction of sp³-hybridized carbons (Fsp3) is 0.0625. The Kier molecular flexibility index (Phi) is 3.51. The molecule has 1 aromatic carbocycles. The Hall–Kier alpha value is -2.15. The lowest BCUT2D eigenvalue weighted by molar-refractivity contribution is 1.29. The number of aromatic nitrogens is 1. The summed E-state index contributed by atoms with van der Waals surface area (Å²) in [6.45, 7) is 5.93. The molecule has 0 unspecified atom stereocenters. The fourth-order valence-electron chi connectivity index (χ4n) is 1.80. The van der Waals surface area contributed by atoms with Crippen LogP contribution in [0, 0.1) is 0 Å². The van der Waals surface area contributed by atoms with Gasteiger partial charge in [-0.25, -0.2) is 0 Å². The van der Waals surface area contributed by atoms with Crippen molar-refractivity contribution in [3.05, 3.63) is 72.1 Å². The number of hydrogen-bond donors (Lipinski definition) is 0. The third kappa shape index (κ3) is 2.70. The predicted octanol–water partition coefficient (Wildman–Crippen LogP) is 4.29. The molecule has 0 bridgehead atoms. The van der Waals surface area contributed by atoms with Crippen LogP contribution in [0.1, 0.15) is 23.7 Å². The van der Waals surface area contributed by atoms with Gasteiger partial charge >= 0.3 is 0 Å². The van der Waals surface area contributed by atoms with Gasteiger partial charge in [0.1, 0.15) is 0 Å². The summed E-state index contributed by atoms with van der Waals surface area (Å²) in [7, 11) is 0. The first-order valence-corrected chi connectivity index (χ1v) is 5.62. The number of rotatable bonds is 3. The largest absolute Gasteiger partial charge is 0.257 e. The van der Waals surface area contributed by atoms with Crippen LogP contribution in [0.2, 0.25) is 0 Å². The van der Waals surface area contributed by atoms with Crippen molar-refractivity contribution in [3.8, 4) is 0 Å². The van der Waals surface area contributed by atoms with Crippen molar-refractivity contribution >= 4 is 17.7 Å². The first kappa shape index (κ1) is 11.3. The van der Waals surface area contributed by atoms with Crippen molar-refractivity contribution in [3.63, 3.8) is 0 Å².